The molecule has 1 aromatic carbocycles. The largest absolute Gasteiger partial charge is 0.369 e. The Balaban J connectivity index is 1.57. The van der Waals surface area contributed by atoms with Crippen molar-refractivity contribution in [2.24, 2.45) is 0 Å². The van der Waals surface area contributed by atoms with Crippen molar-refractivity contribution in [3.63, 3.8) is 0 Å². The van der Waals surface area contributed by atoms with Crippen molar-refractivity contribution in [2.45, 2.75) is 12.5 Å². The molecule has 5 nitrogen and oxygen atoms in total. The number of pyridine rings is 1. The lowest BCUT2D eigenvalue weighted by atomic mass is 10.2. The number of carbonyl (C=O) groups is 1. The number of aromatic nitrogens is 1. The SMILES string of the molecule is C=CCNC(=O)c1ccc(NC2CCN(c3ccc(F)c(Cl)c3)C2)nc1. The second-order valence-corrected chi connectivity index (χ2v) is 6.51. The van der Waals surface area contributed by atoms with E-state index in [0.717, 1.165) is 25.2 Å². The summed E-state index contributed by atoms with van der Waals surface area (Å²) in [7, 11) is 0. The Labute approximate surface area is 156 Å². The zero-order valence-corrected chi connectivity index (χ0v) is 15.0. The van der Waals surface area contributed by atoms with E-state index < -0.39 is 5.82 Å². The van der Waals surface area contributed by atoms with E-state index in [1.54, 1.807) is 36.5 Å². The number of hydrogen-bond acceptors (Lipinski definition) is 4. The van der Waals surface area contributed by atoms with E-state index in [1.807, 2.05) is 0 Å². The van der Waals surface area contributed by atoms with E-state index in [4.69, 9.17) is 11.6 Å². The monoisotopic (exact) mass is 374 g/mol. The summed E-state index contributed by atoms with van der Waals surface area (Å²) in [5.41, 5.74) is 1.41. The highest BCUT2D eigenvalue weighted by molar-refractivity contribution is 6.31. The Morgan fingerprint density at radius 1 is 1.42 bits per heavy atom. The lowest BCUT2D eigenvalue weighted by Gasteiger charge is -2.19. The van der Waals surface area contributed by atoms with Crippen molar-refractivity contribution >= 4 is 29.0 Å². The highest BCUT2D eigenvalue weighted by Crippen LogP contribution is 2.26. The smallest absolute Gasteiger partial charge is 0.253 e. The Hall–Kier alpha value is -2.60. The molecule has 3 rings (SSSR count). The van der Waals surface area contributed by atoms with Gasteiger partial charge in [0.05, 0.1) is 10.6 Å². The summed E-state index contributed by atoms with van der Waals surface area (Å²) in [6, 6.07) is 8.51. The zero-order chi connectivity index (χ0) is 18.5. The normalized spacial score (nSPS) is 16.4. The second-order valence-electron chi connectivity index (χ2n) is 6.11. The molecule has 7 heteroatoms. The van der Waals surface area contributed by atoms with E-state index in [-0.39, 0.29) is 17.0 Å². The van der Waals surface area contributed by atoms with Gasteiger partial charge in [0.25, 0.3) is 5.91 Å². The van der Waals surface area contributed by atoms with Gasteiger partial charge in [0.2, 0.25) is 0 Å². The molecular weight excluding hydrogens is 355 g/mol. The fraction of sp³-hybridized carbons (Fsp3) is 0.263. The molecule has 0 radical (unpaired) electrons. The maximum Gasteiger partial charge on any atom is 0.253 e. The van der Waals surface area contributed by atoms with Gasteiger partial charge in [0.15, 0.2) is 0 Å². The maximum atomic E-state index is 13.3. The Bertz CT molecular complexity index is 797. The standard InChI is InChI=1S/C19H20ClFN4O/c1-2-8-22-19(26)13-3-6-18(23-11-13)24-14-7-9-25(12-14)15-4-5-17(21)16(20)10-15/h2-6,10-11,14H,1,7-9,12H2,(H,22,26)(H,23,24). The molecule has 0 bridgehead atoms. The molecular formula is C19H20ClFN4O. The topological polar surface area (TPSA) is 57.3 Å². The van der Waals surface area contributed by atoms with Crippen LogP contribution in [0.4, 0.5) is 15.9 Å². The van der Waals surface area contributed by atoms with Crippen LogP contribution in [0.1, 0.15) is 16.8 Å². The molecule has 136 valence electrons. The van der Waals surface area contributed by atoms with Crippen LogP contribution in [-0.4, -0.2) is 36.6 Å². The van der Waals surface area contributed by atoms with Crippen LogP contribution in [0, 0.1) is 5.82 Å². The molecule has 26 heavy (non-hydrogen) atoms. The Morgan fingerprint density at radius 2 is 2.27 bits per heavy atom. The van der Waals surface area contributed by atoms with E-state index in [9.17, 15) is 9.18 Å². The quantitative estimate of drug-likeness (QED) is 0.760. The van der Waals surface area contributed by atoms with Gasteiger partial charge in [-0.05, 0) is 36.8 Å². The highest BCUT2D eigenvalue weighted by atomic mass is 35.5. The van der Waals surface area contributed by atoms with Crippen LogP contribution in [0.5, 0.6) is 0 Å². The third-order valence-corrected chi connectivity index (χ3v) is 4.53. The number of benzene rings is 1. The summed E-state index contributed by atoms with van der Waals surface area (Å²) in [6.07, 6.45) is 4.10. The lowest BCUT2D eigenvalue weighted by molar-refractivity contribution is 0.0957. The van der Waals surface area contributed by atoms with Crippen molar-refractivity contribution < 1.29 is 9.18 Å². The summed E-state index contributed by atoms with van der Waals surface area (Å²) in [4.78, 5) is 18.3. The van der Waals surface area contributed by atoms with Gasteiger partial charge in [-0.25, -0.2) is 9.37 Å². The molecule has 1 amide bonds. The van der Waals surface area contributed by atoms with Gasteiger partial charge < -0.3 is 15.5 Å². The van der Waals surface area contributed by atoms with Crippen molar-refractivity contribution in [3.05, 3.63) is 65.6 Å². The molecule has 2 N–H and O–H groups in total. The van der Waals surface area contributed by atoms with Gasteiger partial charge in [-0.15, -0.1) is 6.58 Å². The zero-order valence-electron chi connectivity index (χ0n) is 14.2. The third kappa shape index (κ3) is 4.32. The number of anilines is 2. The predicted octanol–water partition coefficient (Wildman–Crippen LogP) is 3.48. The molecule has 0 spiro atoms. The average molecular weight is 375 g/mol. The molecule has 1 atom stereocenters. The minimum atomic E-state index is -0.411. The molecule has 1 aliphatic heterocycles. The number of carbonyl (C=O) groups excluding carboxylic acids is 1. The Morgan fingerprint density at radius 3 is 2.96 bits per heavy atom. The van der Waals surface area contributed by atoms with Crippen LogP contribution in [-0.2, 0) is 0 Å². The first-order valence-corrected chi connectivity index (χ1v) is 8.76. The van der Waals surface area contributed by atoms with Gasteiger partial charge >= 0.3 is 0 Å². The van der Waals surface area contributed by atoms with Crippen molar-refractivity contribution in [1.29, 1.82) is 0 Å². The number of halogens is 2. The molecule has 1 unspecified atom stereocenters. The first-order valence-electron chi connectivity index (χ1n) is 8.38. The summed E-state index contributed by atoms with van der Waals surface area (Å²) >= 11 is 5.87. The van der Waals surface area contributed by atoms with E-state index in [1.165, 1.54) is 6.07 Å². The fourth-order valence-corrected chi connectivity index (χ4v) is 3.06. The molecule has 2 heterocycles. The van der Waals surface area contributed by atoms with Gasteiger partial charge in [-0.1, -0.05) is 17.7 Å². The van der Waals surface area contributed by atoms with Gasteiger partial charge in [-0.2, -0.15) is 0 Å². The highest BCUT2D eigenvalue weighted by Gasteiger charge is 2.23. The van der Waals surface area contributed by atoms with Crippen molar-refractivity contribution in [2.75, 3.05) is 29.9 Å². The van der Waals surface area contributed by atoms with E-state index in [0.29, 0.717) is 17.9 Å². The van der Waals surface area contributed by atoms with Crippen molar-refractivity contribution in [3.8, 4) is 0 Å². The second kappa shape index (κ2) is 8.19. The number of nitrogens with one attached hydrogen (secondary N) is 2. The molecule has 2 aromatic rings. The van der Waals surface area contributed by atoms with Crippen LogP contribution in [0.2, 0.25) is 5.02 Å². The van der Waals surface area contributed by atoms with E-state index >= 15 is 0 Å². The Kier molecular flexibility index (Phi) is 5.73. The first-order chi connectivity index (χ1) is 12.6. The predicted molar refractivity (Wildman–Crippen MR) is 102 cm³/mol. The van der Waals surface area contributed by atoms with Crippen molar-refractivity contribution in [1.82, 2.24) is 10.3 Å². The summed E-state index contributed by atoms with van der Waals surface area (Å²) in [5.74, 6) is 0.129. The van der Waals surface area contributed by atoms with Gasteiger partial charge in [0.1, 0.15) is 11.6 Å². The molecule has 0 saturated carbocycles. The third-order valence-electron chi connectivity index (χ3n) is 4.24. The molecule has 0 aliphatic carbocycles. The minimum Gasteiger partial charge on any atom is -0.369 e. The number of amides is 1. The number of nitrogens with zero attached hydrogens (tertiary/aromatic N) is 2. The van der Waals surface area contributed by atoms with Crippen LogP contribution in [0.15, 0.2) is 49.2 Å². The summed E-state index contributed by atoms with van der Waals surface area (Å²) < 4.78 is 13.3. The van der Waals surface area contributed by atoms with Crippen LogP contribution < -0.4 is 15.5 Å². The minimum absolute atomic E-state index is 0.130. The van der Waals surface area contributed by atoms with Crippen LogP contribution in [0.3, 0.4) is 0 Å². The van der Waals surface area contributed by atoms with Gasteiger partial charge in [-0.3, -0.25) is 4.79 Å². The molecule has 1 aromatic heterocycles. The summed E-state index contributed by atoms with van der Waals surface area (Å²) in [5, 5.41) is 6.21. The molecule has 1 saturated heterocycles. The summed E-state index contributed by atoms with van der Waals surface area (Å²) in [6.45, 7) is 5.60. The average Bonchev–Trinajstić information content (AvgIpc) is 3.11. The van der Waals surface area contributed by atoms with Crippen LogP contribution in [0.25, 0.3) is 0 Å². The lowest BCUT2D eigenvalue weighted by Crippen LogP contribution is -2.26. The maximum absolute atomic E-state index is 13.3. The first kappa shape index (κ1) is 18.2. The fourth-order valence-electron chi connectivity index (χ4n) is 2.88. The number of hydrogen-bond donors (Lipinski definition) is 2. The van der Waals surface area contributed by atoms with Gasteiger partial charge in [0, 0.05) is 37.6 Å². The van der Waals surface area contributed by atoms with E-state index in [2.05, 4.69) is 27.1 Å². The molecule has 1 fully saturated rings. The molecule has 1 aliphatic rings. The number of rotatable bonds is 6. The van der Waals surface area contributed by atoms with Crippen LogP contribution >= 0.6 is 11.6 Å².